The quantitative estimate of drug-likeness (QED) is 0.719. The number of nitrogens with two attached hydrogens (primary N) is 1. The molecule has 1 fully saturated rings. The highest BCUT2D eigenvalue weighted by molar-refractivity contribution is 5.94. The van der Waals surface area contributed by atoms with Gasteiger partial charge < -0.3 is 19.8 Å². The molecule has 0 aliphatic carbocycles. The molecule has 1 aliphatic heterocycles. The highest BCUT2D eigenvalue weighted by atomic mass is 19.4. The average Bonchev–Trinajstić information content (AvgIpc) is 3.15. The number of carbonyl (C=O) groups is 1. The van der Waals surface area contributed by atoms with Crippen molar-refractivity contribution in [2.45, 2.75) is 12.7 Å². The molecular weight excluding hydrogens is 389 g/mol. The largest absolute Gasteiger partial charge is 0.459 e. The Hall–Kier alpha value is -2.98. The number of amides is 1. The molecule has 10 heteroatoms. The van der Waals surface area contributed by atoms with Crippen molar-refractivity contribution in [3.8, 4) is 11.4 Å². The number of hydrogen-bond donors (Lipinski definition) is 1. The van der Waals surface area contributed by atoms with Crippen LogP contribution in [0.25, 0.3) is 22.4 Å². The number of carbonyl (C=O) groups excluding carboxylic acids is 1. The van der Waals surface area contributed by atoms with Gasteiger partial charge in [-0.1, -0.05) is 0 Å². The third-order valence-corrected chi connectivity index (χ3v) is 4.63. The lowest BCUT2D eigenvalue weighted by Crippen LogP contribution is -2.40. The Bertz CT molecular complexity index is 1040. The van der Waals surface area contributed by atoms with Crippen LogP contribution in [0.4, 0.5) is 13.2 Å². The number of benzene rings is 1. The van der Waals surface area contributed by atoms with E-state index in [0.717, 1.165) is 6.07 Å². The Morgan fingerprint density at radius 2 is 1.83 bits per heavy atom. The monoisotopic (exact) mass is 406 g/mol. The number of nitrogens with zero attached hydrogens (tertiary/aromatic N) is 3. The van der Waals surface area contributed by atoms with Crippen LogP contribution in [-0.2, 0) is 17.5 Å². The van der Waals surface area contributed by atoms with Gasteiger partial charge in [-0.15, -0.1) is 0 Å². The number of halogens is 3. The van der Waals surface area contributed by atoms with Crippen molar-refractivity contribution in [3.63, 3.8) is 0 Å². The standard InChI is InChI=1S/C19H17F3N4O3/c20-19(21,22)15-7-12(5-11-6-14(8-23)29-16(11)15)17-24-9-13(10-25-17)18(27)26-1-3-28-4-2-26/h5-7,9-10H,1-4,8,23H2. The maximum atomic E-state index is 13.5. The molecule has 1 amide bonds. The smallest absolute Gasteiger partial charge is 0.420 e. The van der Waals surface area contributed by atoms with E-state index in [-0.39, 0.29) is 46.1 Å². The molecule has 3 heterocycles. The fourth-order valence-electron chi connectivity index (χ4n) is 3.18. The summed E-state index contributed by atoms with van der Waals surface area (Å²) in [5, 5.41) is 0.257. The second kappa shape index (κ2) is 7.45. The van der Waals surface area contributed by atoms with E-state index in [1.54, 1.807) is 4.90 Å². The first-order valence-corrected chi connectivity index (χ1v) is 8.90. The summed E-state index contributed by atoms with van der Waals surface area (Å²) in [4.78, 5) is 22.3. The van der Waals surface area contributed by atoms with Crippen molar-refractivity contribution in [2.75, 3.05) is 26.3 Å². The maximum absolute atomic E-state index is 13.5. The van der Waals surface area contributed by atoms with Crippen molar-refractivity contribution < 1.29 is 27.1 Å². The van der Waals surface area contributed by atoms with Gasteiger partial charge in [0.1, 0.15) is 11.3 Å². The Morgan fingerprint density at radius 1 is 1.14 bits per heavy atom. The number of rotatable bonds is 3. The normalized spacial score (nSPS) is 15.1. The molecule has 0 atom stereocenters. The van der Waals surface area contributed by atoms with Crippen molar-refractivity contribution in [2.24, 2.45) is 5.73 Å². The third-order valence-electron chi connectivity index (χ3n) is 4.63. The molecule has 1 aromatic carbocycles. The molecule has 152 valence electrons. The fourth-order valence-corrected chi connectivity index (χ4v) is 3.18. The molecule has 2 N–H and O–H groups in total. The summed E-state index contributed by atoms with van der Waals surface area (Å²) in [6, 6.07) is 3.90. The number of furan rings is 1. The van der Waals surface area contributed by atoms with Crippen LogP contribution in [0.1, 0.15) is 21.7 Å². The molecule has 2 aromatic heterocycles. The van der Waals surface area contributed by atoms with E-state index >= 15 is 0 Å². The lowest BCUT2D eigenvalue weighted by Gasteiger charge is -2.26. The molecule has 1 aliphatic rings. The van der Waals surface area contributed by atoms with Gasteiger partial charge in [0.05, 0.1) is 30.9 Å². The van der Waals surface area contributed by atoms with Crippen LogP contribution in [0.3, 0.4) is 0 Å². The number of hydrogen-bond acceptors (Lipinski definition) is 6. The van der Waals surface area contributed by atoms with E-state index < -0.39 is 11.7 Å². The van der Waals surface area contributed by atoms with Gasteiger partial charge in [0.15, 0.2) is 5.82 Å². The number of alkyl halides is 3. The zero-order valence-electron chi connectivity index (χ0n) is 15.2. The predicted octanol–water partition coefficient (Wildman–Crippen LogP) is 2.84. The number of aromatic nitrogens is 2. The van der Waals surface area contributed by atoms with Crippen LogP contribution in [-0.4, -0.2) is 47.1 Å². The van der Waals surface area contributed by atoms with Crippen molar-refractivity contribution in [3.05, 3.63) is 47.5 Å². The summed E-state index contributed by atoms with van der Waals surface area (Å²) >= 11 is 0. The summed E-state index contributed by atoms with van der Waals surface area (Å²) in [5.41, 5.74) is 4.71. The van der Waals surface area contributed by atoms with E-state index in [0.29, 0.717) is 26.3 Å². The van der Waals surface area contributed by atoms with E-state index in [1.165, 1.54) is 24.5 Å². The van der Waals surface area contributed by atoms with Crippen LogP contribution in [0.2, 0.25) is 0 Å². The summed E-state index contributed by atoms with van der Waals surface area (Å²) in [7, 11) is 0. The van der Waals surface area contributed by atoms with Crippen LogP contribution in [0.5, 0.6) is 0 Å². The van der Waals surface area contributed by atoms with Gasteiger partial charge in [-0.25, -0.2) is 9.97 Å². The zero-order valence-corrected chi connectivity index (χ0v) is 15.2. The van der Waals surface area contributed by atoms with Crippen LogP contribution in [0.15, 0.2) is 35.0 Å². The Labute approximate surface area is 163 Å². The maximum Gasteiger partial charge on any atom is 0.420 e. The van der Waals surface area contributed by atoms with Gasteiger partial charge in [-0.3, -0.25) is 4.79 Å². The van der Waals surface area contributed by atoms with E-state index in [1.807, 2.05) is 0 Å². The third kappa shape index (κ3) is 3.81. The SMILES string of the molecule is NCc1cc2cc(-c3ncc(C(=O)N4CCOCC4)cn3)cc(C(F)(F)F)c2o1. The lowest BCUT2D eigenvalue weighted by atomic mass is 10.1. The van der Waals surface area contributed by atoms with Gasteiger partial charge >= 0.3 is 6.18 Å². The van der Waals surface area contributed by atoms with Gasteiger partial charge in [0.25, 0.3) is 5.91 Å². The zero-order chi connectivity index (χ0) is 20.6. The first-order valence-electron chi connectivity index (χ1n) is 8.90. The van der Waals surface area contributed by atoms with Gasteiger partial charge in [0, 0.05) is 36.4 Å². The van der Waals surface area contributed by atoms with Crippen LogP contribution in [0, 0.1) is 0 Å². The van der Waals surface area contributed by atoms with Gasteiger partial charge in [-0.05, 0) is 18.2 Å². The van der Waals surface area contributed by atoms with Crippen molar-refractivity contribution in [1.82, 2.24) is 14.9 Å². The molecular formula is C19H17F3N4O3. The van der Waals surface area contributed by atoms with Crippen molar-refractivity contribution in [1.29, 1.82) is 0 Å². The van der Waals surface area contributed by atoms with Crippen LogP contribution >= 0.6 is 0 Å². The molecule has 29 heavy (non-hydrogen) atoms. The van der Waals surface area contributed by atoms with Crippen molar-refractivity contribution >= 4 is 16.9 Å². The van der Waals surface area contributed by atoms with E-state index in [2.05, 4.69) is 9.97 Å². The number of morpholine rings is 1. The molecule has 0 saturated carbocycles. The highest BCUT2D eigenvalue weighted by Gasteiger charge is 2.35. The predicted molar refractivity (Wildman–Crippen MR) is 96.9 cm³/mol. The molecule has 0 bridgehead atoms. The Morgan fingerprint density at radius 3 is 2.45 bits per heavy atom. The minimum atomic E-state index is -4.62. The molecule has 0 unspecified atom stereocenters. The Balaban J connectivity index is 1.70. The second-order valence-electron chi connectivity index (χ2n) is 6.56. The minimum Gasteiger partial charge on any atom is -0.459 e. The number of fused-ring (bicyclic) bond motifs is 1. The van der Waals surface area contributed by atoms with E-state index in [9.17, 15) is 18.0 Å². The average molecular weight is 406 g/mol. The second-order valence-corrected chi connectivity index (χ2v) is 6.56. The molecule has 0 spiro atoms. The highest BCUT2D eigenvalue weighted by Crippen LogP contribution is 2.38. The lowest BCUT2D eigenvalue weighted by molar-refractivity contribution is -0.136. The molecule has 7 nitrogen and oxygen atoms in total. The first-order chi connectivity index (χ1) is 13.9. The minimum absolute atomic E-state index is 0.0177. The van der Waals surface area contributed by atoms with Gasteiger partial charge in [-0.2, -0.15) is 13.2 Å². The van der Waals surface area contributed by atoms with Crippen LogP contribution < -0.4 is 5.73 Å². The molecule has 1 saturated heterocycles. The number of ether oxygens (including phenoxy) is 1. The summed E-state index contributed by atoms with van der Waals surface area (Å²) in [6.07, 6.45) is -1.99. The van der Waals surface area contributed by atoms with E-state index in [4.69, 9.17) is 14.9 Å². The Kier molecular flexibility index (Phi) is 4.97. The van der Waals surface area contributed by atoms with Gasteiger partial charge in [0.2, 0.25) is 0 Å². The summed E-state index contributed by atoms with van der Waals surface area (Å²) < 4.78 is 51.0. The topological polar surface area (TPSA) is 94.5 Å². The fraction of sp³-hybridized carbons (Fsp3) is 0.316. The summed E-state index contributed by atoms with van der Waals surface area (Å²) in [6.45, 7) is 1.84. The first kappa shape index (κ1) is 19.3. The summed E-state index contributed by atoms with van der Waals surface area (Å²) in [5.74, 6) is 0.0788. The molecule has 0 radical (unpaired) electrons. The molecule has 4 rings (SSSR count). The molecule has 3 aromatic rings.